The predicted octanol–water partition coefficient (Wildman–Crippen LogP) is 4.93. The zero-order chi connectivity index (χ0) is 13.8. The minimum atomic E-state index is 0.323. The average Bonchev–Trinajstić information content (AvgIpc) is 2.78. The number of halogens is 1. The Labute approximate surface area is 127 Å². The van der Waals surface area contributed by atoms with Crippen molar-refractivity contribution in [3.05, 3.63) is 39.9 Å². The van der Waals surface area contributed by atoms with Crippen molar-refractivity contribution < 1.29 is 0 Å². The van der Waals surface area contributed by atoms with Crippen molar-refractivity contribution in [3.63, 3.8) is 0 Å². The third-order valence-electron chi connectivity index (χ3n) is 2.76. The molecule has 0 radical (unpaired) electrons. The first-order valence-electron chi connectivity index (χ1n) is 6.23. The van der Waals surface area contributed by atoms with Gasteiger partial charge in [-0.05, 0) is 38.1 Å². The molecule has 0 saturated carbocycles. The Kier molecular flexibility index (Phi) is 5.28. The van der Waals surface area contributed by atoms with E-state index in [4.69, 9.17) is 11.6 Å². The Morgan fingerprint density at radius 3 is 2.84 bits per heavy atom. The van der Waals surface area contributed by atoms with E-state index < -0.39 is 0 Å². The van der Waals surface area contributed by atoms with E-state index in [9.17, 15) is 0 Å². The van der Waals surface area contributed by atoms with Crippen molar-refractivity contribution in [2.45, 2.75) is 36.0 Å². The normalized spacial score (nSPS) is 12.6. The fourth-order valence-electron chi connectivity index (χ4n) is 1.77. The molecule has 1 unspecified atom stereocenters. The van der Waals surface area contributed by atoms with Crippen LogP contribution < -0.4 is 5.32 Å². The quantitative estimate of drug-likeness (QED) is 0.847. The SMILES string of the molecule is CCNC(C)c1ccc(Sc2nc(C)cs2)c(Cl)c1. The summed E-state index contributed by atoms with van der Waals surface area (Å²) < 4.78 is 1.03. The lowest BCUT2D eigenvalue weighted by Crippen LogP contribution is -2.17. The van der Waals surface area contributed by atoms with Crippen LogP contribution in [-0.4, -0.2) is 11.5 Å². The molecular weight excluding hydrogens is 296 g/mol. The van der Waals surface area contributed by atoms with Gasteiger partial charge in [0.15, 0.2) is 4.34 Å². The number of hydrogen-bond acceptors (Lipinski definition) is 4. The summed E-state index contributed by atoms with van der Waals surface area (Å²) in [5.41, 5.74) is 2.27. The van der Waals surface area contributed by atoms with Crippen LogP contribution in [0.2, 0.25) is 5.02 Å². The fourth-order valence-corrected chi connectivity index (χ4v) is 3.87. The van der Waals surface area contributed by atoms with Gasteiger partial charge >= 0.3 is 0 Å². The van der Waals surface area contributed by atoms with Crippen molar-refractivity contribution in [2.24, 2.45) is 0 Å². The van der Waals surface area contributed by atoms with Gasteiger partial charge in [-0.1, -0.05) is 36.4 Å². The molecule has 0 saturated heterocycles. The van der Waals surface area contributed by atoms with Gasteiger partial charge < -0.3 is 5.32 Å². The second kappa shape index (κ2) is 6.75. The number of nitrogens with zero attached hydrogens (tertiary/aromatic N) is 1. The number of aryl methyl sites for hydroxylation is 1. The molecular formula is C14H17ClN2S2. The monoisotopic (exact) mass is 312 g/mol. The van der Waals surface area contributed by atoms with Crippen LogP contribution in [0.4, 0.5) is 0 Å². The fraction of sp³-hybridized carbons (Fsp3) is 0.357. The van der Waals surface area contributed by atoms with E-state index in [1.807, 2.05) is 13.0 Å². The van der Waals surface area contributed by atoms with Gasteiger partial charge in [0.05, 0.1) is 5.02 Å². The molecule has 5 heteroatoms. The van der Waals surface area contributed by atoms with Crippen molar-refractivity contribution in [1.29, 1.82) is 0 Å². The van der Waals surface area contributed by atoms with Gasteiger partial charge in [0.2, 0.25) is 0 Å². The second-order valence-corrected chi connectivity index (χ2v) is 6.88. The van der Waals surface area contributed by atoms with Crippen LogP contribution in [0.15, 0.2) is 32.8 Å². The maximum atomic E-state index is 6.36. The minimum absolute atomic E-state index is 0.323. The number of aromatic nitrogens is 1. The molecule has 0 fully saturated rings. The largest absolute Gasteiger partial charge is 0.310 e. The Bertz CT molecular complexity index is 554. The van der Waals surface area contributed by atoms with E-state index in [2.05, 4.69) is 41.7 Å². The Morgan fingerprint density at radius 2 is 2.26 bits per heavy atom. The molecule has 2 aromatic rings. The summed E-state index contributed by atoms with van der Waals surface area (Å²) in [6.07, 6.45) is 0. The van der Waals surface area contributed by atoms with Gasteiger partial charge in [-0.25, -0.2) is 4.98 Å². The molecule has 0 amide bonds. The highest BCUT2D eigenvalue weighted by molar-refractivity contribution is 8.01. The first kappa shape index (κ1) is 14.9. The smallest absolute Gasteiger partial charge is 0.154 e. The predicted molar refractivity (Wildman–Crippen MR) is 84.5 cm³/mol. The summed E-state index contributed by atoms with van der Waals surface area (Å²) in [4.78, 5) is 5.50. The highest BCUT2D eigenvalue weighted by Crippen LogP contribution is 2.36. The molecule has 1 atom stereocenters. The Balaban J connectivity index is 2.15. The Hall–Kier alpha value is -0.550. The van der Waals surface area contributed by atoms with E-state index in [1.54, 1.807) is 23.1 Å². The number of benzene rings is 1. The summed E-state index contributed by atoms with van der Waals surface area (Å²) >= 11 is 9.64. The molecule has 2 nitrogen and oxygen atoms in total. The number of rotatable bonds is 5. The van der Waals surface area contributed by atoms with E-state index in [0.717, 1.165) is 26.5 Å². The highest BCUT2D eigenvalue weighted by atomic mass is 35.5. The van der Waals surface area contributed by atoms with Gasteiger partial charge in [0.25, 0.3) is 0 Å². The van der Waals surface area contributed by atoms with Crippen molar-refractivity contribution in [3.8, 4) is 0 Å². The summed E-state index contributed by atoms with van der Waals surface area (Å²) in [6, 6.07) is 6.57. The summed E-state index contributed by atoms with van der Waals surface area (Å²) in [5.74, 6) is 0. The van der Waals surface area contributed by atoms with E-state index >= 15 is 0 Å². The molecule has 1 heterocycles. The lowest BCUT2D eigenvalue weighted by Gasteiger charge is -2.14. The zero-order valence-electron chi connectivity index (χ0n) is 11.2. The van der Waals surface area contributed by atoms with E-state index in [0.29, 0.717) is 6.04 Å². The van der Waals surface area contributed by atoms with Gasteiger partial charge in [-0.15, -0.1) is 11.3 Å². The first-order valence-corrected chi connectivity index (χ1v) is 8.30. The third-order valence-corrected chi connectivity index (χ3v) is 5.32. The standard InChI is InChI=1S/C14H17ClN2S2/c1-4-16-10(3)11-5-6-13(12(15)7-11)19-14-17-9(2)8-18-14/h5-8,10,16H,4H2,1-3H3. The molecule has 0 aliphatic heterocycles. The summed E-state index contributed by atoms with van der Waals surface area (Å²) in [7, 11) is 0. The highest BCUT2D eigenvalue weighted by Gasteiger charge is 2.09. The molecule has 1 N–H and O–H groups in total. The number of hydrogen-bond donors (Lipinski definition) is 1. The summed E-state index contributed by atoms with van der Waals surface area (Å²) in [6.45, 7) is 7.20. The average molecular weight is 313 g/mol. The van der Waals surface area contributed by atoms with Crippen LogP contribution in [-0.2, 0) is 0 Å². The van der Waals surface area contributed by atoms with Crippen LogP contribution in [0.1, 0.15) is 31.1 Å². The maximum Gasteiger partial charge on any atom is 0.154 e. The van der Waals surface area contributed by atoms with E-state index in [-0.39, 0.29) is 0 Å². The molecule has 0 bridgehead atoms. The van der Waals surface area contributed by atoms with Crippen molar-refractivity contribution in [1.82, 2.24) is 10.3 Å². The topological polar surface area (TPSA) is 24.9 Å². The van der Waals surface area contributed by atoms with Crippen LogP contribution in [0.5, 0.6) is 0 Å². The molecule has 0 aliphatic rings. The van der Waals surface area contributed by atoms with E-state index in [1.165, 1.54) is 5.56 Å². The second-order valence-electron chi connectivity index (χ2n) is 4.33. The molecule has 0 aliphatic carbocycles. The third kappa shape index (κ3) is 3.96. The first-order chi connectivity index (χ1) is 9.10. The van der Waals surface area contributed by atoms with Crippen LogP contribution in [0.25, 0.3) is 0 Å². The molecule has 2 rings (SSSR count). The molecule has 1 aromatic carbocycles. The molecule has 102 valence electrons. The minimum Gasteiger partial charge on any atom is -0.310 e. The zero-order valence-corrected chi connectivity index (χ0v) is 13.6. The van der Waals surface area contributed by atoms with Crippen LogP contribution >= 0.6 is 34.7 Å². The maximum absolute atomic E-state index is 6.36. The molecule has 0 spiro atoms. The Morgan fingerprint density at radius 1 is 1.47 bits per heavy atom. The van der Waals surface area contributed by atoms with Gasteiger partial charge in [-0.3, -0.25) is 0 Å². The van der Waals surface area contributed by atoms with Crippen molar-refractivity contribution in [2.75, 3.05) is 6.54 Å². The molecule has 1 aromatic heterocycles. The van der Waals surface area contributed by atoms with Crippen molar-refractivity contribution >= 4 is 34.7 Å². The van der Waals surface area contributed by atoms with Crippen LogP contribution in [0, 0.1) is 6.92 Å². The van der Waals surface area contributed by atoms with Gasteiger partial charge in [-0.2, -0.15) is 0 Å². The molecule has 19 heavy (non-hydrogen) atoms. The van der Waals surface area contributed by atoms with Crippen LogP contribution in [0.3, 0.4) is 0 Å². The summed E-state index contributed by atoms with van der Waals surface area (Å²) in [5, 5.41) is 6.23. The number of thiazole rings is 1. The van der Waals surface area contributed by atoms with Gasteiger partial charge in [0.1, 0.15) is 0 Å². The number of nitrogens with one attached hydrogen (secondary N) is 1. The van der Waals surface area contributed by atoms with Gasteiger partial charge in [0, 0.05) is 22.0 Å². The lowest BCUT2D eigenvalue weighted by molar-refractivity contribution is 0.598. The lowest BCUT2D eigenvalue weighted by atomic mass is 10.1.